The van der Waals surface area contributed by atoms with E-state index in [4.69, 9.17) is 23.2 Å². The summed E-state index contributed by atoms with van der Waals surface area (Å²) in [4.78, 5) is 0. The van der Waals surface area contributed by atoms with E-state index in [1.807, 2.05) is 0 Å². The van der Waals surface area contributed by atoms with E-state index >= 15 is 0 Å². The molecule has 0 spiro atoms. The maximum atomic E-state index is 12.6. The number of benzene rings is 1. The average molecular weight is 297 g/mol. The van der Waals surface area contributed by atoms with E-state index in [9.17, 15) is 13.2 Å². The first-order chi connectivity index (χ1) is 8.43. The molecule has 18 heavy (non-hydrogen) atoms. The summed E-state index contributed by atoms with van der Waals surface area (Å²) in [5, 5.41) is 10.6. The fourth-order valence-corrected chi connectivity index (χ4v) is 1.69. The van der Waals surface area contributed by atoms with Gasteiger partial charge < -0.3 is 0 Å². The van der Waals surface area contributed by atoms with Crippen LogP contribution in [-0.2, 0) is 12.1 Å². The average Bonchev–Trinajstić information content (AvgIpc) is 2.76. The van der Waals surface area contributed by atoms with Crippen LogP contribution in [0.2, 0.25) is 5.02 Å². The summed E-state index contributed by atoms with van der Waals surface area (Å²) in [5.41, 5.74) is -0.801. The van der Waals surface area contributed by atoms with Gasteiger partial charge in [-0.05, 0) is 28.6 Å². The van der Waals surface area contributed by atoms with Crippen molar-refractivity contribution in [1.29, 1.82) is 0 Å². The molecule has 0 N–H and O–H groups in total. The van der Waals surface area contributed by atoms with Crippen molar-refractivity contribution >= 4 is 23.2 Å². The molecule has 0 atom stereocenters. The Hall–Kier alpha value is -1.34. The second-order valence-corrected chi connectivity index (χ2v) is 3.98. The second kappa shape index (κ2) is 4.74. The zero-order valence-corrected chi connectivity index (χ0v) is 10.1. The van der Waals surface area contributed by atoms with Crippen LogP contribution >= 0.6 is 23.2 Å². The number of halogens is 5. The summed E-state index contributed by atoms with van der Waals surface area (Å²) in [6.45, 7) is 0. The first kappa shape index (κ1) is 13.1. The molecule has 0 aliphatic carbocycles. The van der Waals surface area contributed by atoms with Gasteiger partial charge in [0.25, 0.3) is 0 Å². The molecule has 0 saturated carbocycles. The topological polar surface area (TPSA) is 43.6 Å². The molecule has 1 aromatic carbocycles. The minimum absolute atomic E-state index is 0.0344. The molecule has 0 amide bonds. The molecule has 0 saturated heterocycles. The highest BCUT2D eigenvalue weighted by molar-refractivity contribution is 6.32. The van der Waals surface area contributed by atoms with Crippen LogP contribution in [0.15, 0.2) is 18.2 Å². The Bertz CT molecular complexity index is 567. The van der Waals surface area contributed by atoms with Crippen LogP contribution < -0.4 is 0 Å². The predicted octanol–water partition coefficient (Wildman–Crippen LogP) is 3.07. The molecule has 4 nitrogen and oxygen atoms in total. The molecule has 0 aliphatic heterocycles. The molecule has 0 fully saturated rings. The van der Waals surface area contributed by atoms with Crippen LogP contribution in [0.3, 0.4) is 0 Å². The maximum absolute atomic E-state index is 12.6. The Morgan fingerprint density at radius 2 is 2.00 bits per heavy atom. The Kier molecular flexibility index (Phi) is 3.45. The molecule has 0 aliphatic rings. The van der Waals surface area contributed by atoms with Crippen LogP contribution in [0.1, 0.15) is 11.4 Å². The summed E-state index contributed by atoms with van der Waals surface area (Å²) in [6, 6.07) is 2.89. The monoisotopic (exact) mass is 296 g/mol. The van der Waals surface area contributed by atoms with E-state index in [0.717, 1.165) is 22.9 Å². The molecule has 1 heterocycles. The summed E-state index contributed by atoms with van der Waals surface area (Å²) < 4.78 is 38.9. The highest BCUT2D eigenvalue weighted by atomic mass is 35.5. The van der Waals surface area contributed by atoms with E-state index in [2.05, 4.69) is 15.5 Å². The molecule has 0 unspecified atom stereocenters. The Labute approximate surface area is 109 Å². The molecule has 9 heteroatoms. The number of nitrogens with zero attached hydrogens (tertiary/aromatic N) is 4. The smallest absolute Gasteiger partial charge is 0.195 e. The van der Waals surface area contributed by atoms with Crippen molar-refractivity contribution in [3.05, 3.63) is 34.6 Å². The molecule has 0 bridgehead atoms. The third kappa shape index (κ3) is 2.41. The minimum atomic E-state index is -4.46. The number of tetrazole rings is 1. The van der Waals surface area contributed by atoms with Crippen molar-refractivity contribution in [3.63, 3.8) is 0 Å². The Morgan fingerprint density at radius 1 is 1.28 bits per heavy atom. The summed E-state index contributed by atoms with van der Waals surface area (Å²) in [7, 11) is 0. The van der Waals surface area contributed by atoms with Gasteiger partial charge >= 0.3 is 6.18 Å². The lowest BCUT2D eigenvalue weighted by Gasteiger charge is -2.10. The van der Waals surface area contributed by atoms with Gasteiger partial charge in [-0.15, -0.1) is 16.7 Å². The van der Waals surface area contributed by atoms with Crippen molar-refractivity contribution in [1.82, 2.24) is 20.2 Å². The van der Waals surface area contributed by atoms with Gasteiger partial charge in [-0.3, -0.25) is 0 Å². The standard InChI is InChI=1S/C9H5Cl2F3N4/c10-4-8-15-16-17-18(8)7-3-5(9(12,13)14)1-2-6(7)11/h1-3H,4H2. The van der Waals surface area contributed by atoms with Gasteiger partial charge in [-0.25, -0.2) is 0 Å². The van der Waals surface area contributed by atoms with Crippen LogP contribution in [0.5, 0.6) is 0 Å². The summed E-state index contributed by atoms with van der Waals surface area (Å²) in [6.07, 6.45) is -4.46. The first-order valence-corrected chi connectivity index (χ1v) is 5.55. The number of aromatic nitrogens is 4. The highest BCUT2D eigenvalue weighted by Gasteiger charge is 2.31. The van der Waals surface area contributed by atoms with Crippen LogP contribution in [0, 0.1) is 0 Å². The summed E-state index contributed by atoms with van der Waals surface area (Å²) >= 11 is 11.4. The highest BCUT2D eigenvalue weighted by Crippen LogP contribution is 2.33. The SMILES string of the molecule is FC(F)(F)c1ccc(Cl)c(-n2nnnc2CCl)c1. The van der Waals surface area contributed by atoms with Crippen molar-refractivity contribution in [2.75, 3.05) is 0 Å². The fraction of sp³-hybridized carbons (Fsp3) is 0.222. The molecular formula is C9H5Cl2F3N4. The molecular weight excluding hydrogens is 292 g/mol. The fourth-order valence-electron chi connectivity index (χ4n) is 1.33. The van der Waals surface area contributed by atoms with Crippen LogP contribution in [0.4, 0.5) is 13.2 Å². The summed E-state index contributed by atoms with van der Waals surface area (Å²) in [5.74, 6) is 0.164. The van der Waals surface area contributed by atoms with Crippen molar-refractivity contribution in [3.8, 4) is 5.69 Å². The predicted molar refractivity (Wildman–Crippen MR) is 58.7 cm³/mol. The van der Waals surface area contributed by atoms with Gasteiger partial charge in [0, 0.05) is 0 Å². The Balaban J connectivity index is 2.57. The van der Waals surface area contributed by atoms with Gasteiger partial charge in [0.1, 0.15) is 0 Å². The van der Waals surface area contributed by atoms with E-state index in [-0.39, 0.29) is 22.4 Å². The van der Waals surface area contributed by atoms with E-state index in [1.54, 1.807) is 0 Å². The molecule has 96 valence electrons. The van der Waals surface area contributed by atoms with Gasteiger partial charge in [0.15, 0.2) is 5.82 Å². The molecule has 2 aromatic rings. The maximum Gasteiger partial charge on any atom is 0.416 e. The van der Waals surface area contributed by atoms with Gasteiger partial charge in [-0.1, -0.05) is 11.6 Å². The zero-order chi connectivity index (χ0) is 13.3. The molecule has 1 aromatic heterocycles. The third-order valence-corrected chi connectivity index (χ3v) is 2.71. The number of hydrogen-bond donors (Lipinski definition) is 0. The van der Waals surface area contributed by atoms with E-state index in [1.165, 1.54) is 0 Å². The lowest BCUT2D eigenvalue weighted by atomic mass is 10.2. The molecule has 0 radical (unpaired) electrons. The first-order valence-electron chi connectivity index (χ1n) is 4.64. The Morgan fingerprint density at radius 3 is 2.61 bits per heavy atom. The lowest BCUT2D eigenvalue weighted by molar-refractivity contribution is -0.137. The van der Waals surface area contributed by atoms with Crippen LogP contribution in [0.25, 0.3) is 5.69 Å². The van der Waals surface area contributed by atoms with Gasteiger partial charge in [0.05, 0.1) is 22.2 Å². The molecule has 2 rings (SSSR count). The lowest BCUT2D eigenvalue weighted by Crippen LogP contribution is -2.08. The zero-order valence-electron chi connectivity index (χ0n) is 8.62. The largest absolute Gasteiger partial charge is 0.416 e. The van der Waals surface area contributed by atoms with Crippen LogP contribution in [-0.4, -0.2) is 20.2 Å². The van der Waals surface area contributed by atoms with Crippen molar-refractivity contribution in [2.24, 2.45) is 0 Å². The number of rotatable bonds is 2. The number of alkyl halides is 4. The normalized spacial score (nSPS) is 11.8. The van der Waals surface area contributed by atoms with Gasteiger partial charge in [0.2, 0.25) is 0 Å². The third-order valence-electron chi connectivity index (χ3n) is 2.16. The number of hydrogen-bond acceptors (Lipinski definition) is 3. The van der Waals surface area contributed by atoms with Crippen molar-refractivity contribution in [2.45, 2.75) is 12.1 Å². The van der Waals surface area contributed by atoms with Gasteiger partial charge in [-0.2, -0.15) is 17.9 Å². The van der Waals surface area contributed by atoms with E-state index in [0.29, 0.717) is 0 Å². The van der Waals surface area contributed by atoms with Crippen molar-refractivity contribution < 1.29 is 13.2 Å². The van der Waals surface area contributed by atoms with E-state index < -0.39 is 11.7 Å². The second-order valence-electron chi connectivity index (χ2n) is 3.30. The quantitative estimate of drug-likeness (QED) is 0.800. The minimum Gasteiger partial charge on any atom is -0.195 e.